The molecule has 0 atom stereocenters. The Balaban J connectivity index is 1.27. The van der Waals surface area contributed by atoms with E-state index in [-0.39, 0.29) is 27.6 Å². The maximum atomic E-state index is 13.9. The summed E-state index contributed by atoms with van der Waals surface area (Å²) in [5.41, 5.74) is 1.87. The fourth-order valence-corrected chi connectivity index (χ4v) is 7.66. The fraction of sp³-hybridized carbons (Fsp3) is 0.0278. The molecule has 8 nitrogen and oxygen atoms in total. The van der Waals surface area contributed by atoms with E-state index in [9.17, 15) is 21.6 Å². The van der Waals surface area contributed by atoms with Crippen LogP contribution in [0.2, 0.25) is 0 Å². The SMILES string of the molecule is O=C(Nc1ccc(S(=O)(=O)Nc2cccc3ccccc23)cc1)c1ccccc1N(Cc1ccccc1)S(=O)(=O)c1ccccc1. The van der Waals surface area contributed by atoms with Gasteiger partial charge in [0.05, 0.1) is 33.3 Å². The molecule has 230 valence electrons. The van der Waals surface area contributed by atoms with E-state index >= 15 is 0 Å². The highest BCUT2D eigenvalue weighted by Gasteiger charge is 2.28. The summed E-state index contributed by atoms with van der Waals surface area (Å²) in [5.74, 6) is -0.554. The first-order valence-corrected chi connectivity index (χ1v) is 17.3. The van der Waals surface area contributed by atoms with Crippen LogP contribution in [0, 0.1) is 0 Å². The van der Waals surface area contributed by atoms with Crippen LogP contribution >= 0.6 is 0 Å². The van der Waals surface area contributed by atoms with Crippen molar-refractivity contribution >= 4 is 53.8 Å². The Hall–Kier alpha value is -5.45. The van der Waals surface area contributed by atoms with E-state index in [1.165, 1.54) is 40.7 Å². The number of nitrogens with one attached hydrogen (secondary N) is 2. The van der Waals surface area contributed by atoms with Crippen molar-refractivity contribution in [3.8, 4) is 0 Å². The molecule has 2 N–H and O–H groups in total. The van der Waals surface area contributed by atoms with Crippen LogP contribution in [0.15, 0.2) is 161 Å². The number of rotatable bonds is 10. The summed E-state index contributed by atoms with van der Waals surface area (Å²) in [5, 5.41) is 4.46. The number of carbonyl (C=O) groups is 1. The van der Waals surface area contributed by atoms with E-state index in [0.717, 1.165) is 16.3 Å². The van der Waals surface area contributed by atoms with Gasteiger partial charge in [-0.15, -0.1) is 0 Å². The first kappa shape index (κ1) is 30.6. The van der Waals surface area contributed by atoms with Crippen molar-refractivity contribution in [3.05, 3.63) is 163 Å². The van der Waals surface area contributed by atoms with Crippen molar-refractivity contribution in [2.24, 2.45) is 0 Å². The lowest BCUT2D eigenvalue weighted by Crippen LogP contribution is -2.32. The zero-order valence-electron chi connectivity index (χ0n) is 24.4. The molecule has 0 aliphatic rings. The van der Waals surface area contributed by atoms with Crippen LogP contribution in [-0.2, 0) is 26.6 Å². The lowest BCUT2D eigenvalue weighted by Gasteiger charge is -2.26. The highest BCUT2D eigenvalue weighted by Crippen LogP contribution is 2.30. The van der Waals surface area contributed by atoms with Crippen LogP contribution < -0.4 is 14.3 Å². The van der Waals surface area contributed by atoms with Crippen molar-refractivity contribution in [2.45, 2.75) is 16.3 Å². The maximum absolute atomic E-state index is 13.9. The molecule has 1 amide bonds. The van der Waals surface area contributed by atoms with Crippen LogP contribution in [0.3, 0.4) is 0 Å². The Morgan fingerprint density at radius 3 is 1.93 bits per heavy atom. The number of para-hydroxylation sites is 1. The minimum absolute atomic E-state index is 0.00137. The van der Waals surface area contributed by atoms with Gasteiger partial charge >= 0.3 is 0 Å². The molecule has 0 radical (unpaired) electrons. The molecule has 0 unspecified atom stereocenters. The monoisotopic (exact) mass is 647 g/mol. The van der Waals surface area contributed by atoms with Gasteiger partial charge in [-0.3, -0.25) is 13.8 Å². The number of nitrogens with zero attached hydrogens (tertiary/aromatic N) is 1. The number of hydrogen-bond acceptors (Lipinski definition) is 5. The van der Waals surface area contributed by atoms with Crippen molar-refractivity contribution < 1.29 is 21.6 Å². The van der Waals surface area contributed by atoms with Crippen molar-refractivity contribution in [2.75, 3.05) is 14.3 Å². The zero-order chi connectivity index (χ0) is 32.1. The second-order valence-corrected chi connectivity index (χ2v) is 14.0. The smallest absolute Gasteiger partial charge is 0.264 e. The van der Waals surface area contributed by atoms with Crippen molar-refractivity contribution in [1.82, 2.24) is 0 Å². The van der Waals surface area contributed by atoms with Gasteiger partial charge in [0.15, 0.2) is 0 Å². The summed E-state index contributed by atoms with van der Waals surface area (Å²) >= 11 is 0. The zero-order valence-corrected chi connectivity index (χ0v) is 26.1. The molecule has 0 aliphatic carbocycles. The first-order chi connectivity index (χ1) is 22.2. The van der Waals surface area contributed by atoms with Crippen LogP contribution in [0.4, 0.5) is 17.1 Å². The molecule has 0 spiro atoms. The predicted molar refractivity (Wildman–Crippen MR) is 182 cm³/mol. The number of fused-ring (bicyclic) bond motifs is 1. The highest BCUT2D eigenvalue weighted by atomic mass is 32.2. The molecule has 10 heteroatoms. The lowest BCUT2D eigenvalue weighted by atomic mass is 10.1. The van der Waals surface area contributed by atoms with E-state index in [1.54, 1.807) is 54.6 Å². The molecule has 0 saturated carbocycles. The average Bonchev–Trinajstić information content (AvgIpc) is 3.08. The summed E-state index contributed by atoms with van der Waals surface area (Å²) in [7, 11) is -7.99. The number of hydrogen-bond donors (Lipinski definition) is 2. The van der Waals surface area contributed by atoms with Crippen molar-refractivity contribution in [3.63, 3.8) is 0 Å². The molecule has 0 fully saturated rings. The minimum Gasteiger partial charge on any atom is -0.322 e. The molecular weight excluding hydrogens is 619 g/mol. The minimum atomic E-state index is -4.06. The van der Waals surface area contributed by atoms with Gasteiger partial charge in [0, 0.05) is 11.1 Å². The van der Waals surface area contributed by atoms with Crippen LogP contribution in [0.1, 0.15) is 15.9 Å². The summed E-state index contributed by atoms with van der Waals surface area (Å²) in [6.45, 7) is -0.00137. The third-order valence-corrected chi connectivity index (χ3v) is 10.5. The standard InChI is InChI=1S/C36H29N3O5S2/c40-36(37-29-22-24-30(25-23-29)45(41,42)38-34-20-11-15-28-14-7-8-18-32(28)34)33-19-9-10-21-35(33)39(26-27-12-3-1-4-13-27)46(43,44)31-16-5-2-6-17-31/h1-25,38H,26H2,(H,37,40). The molecule has 6 aromatic carbocycles. The van der Waals surface area contributed by atoms with Gasteiger partial charge in [0.2, 0.25) is 0 Å². The van der Waals surface area contributed by atoms with Gasteiger partial charge in [-0.05, 0) is 65.5 Å². The van der Waals surface area contributed by atoms with Gasteiger partial charge < -0.3 is 5.32 Å². The summed E-state index contributed by atoms with van der Waals surface area (Å²) in [6.07, 6.45) is 0. The third-order valence-electron chi connectivity index (χ3n) is 7.37. The van der Waals surface area contributed by atoms with Crippen LogP contribution in [-0.4, -0.2) is 22.7 Å². The molecule has 0 heterocycles. The molecule has 46 heavy (non-hydrogen) atoms. The van der Waals surface area contributed by atoms with Crippen LogP contribution in [0.5, 0.6) is 0 Å². The highest BCUT2D eigenvalue weighted by molar-refractivity contribution is 7.93. The largest absolute Gasteiger partial charge is 0.322 e. The van der Waals surface area contributed by atoms with E-state index in [4.69, 9.17) is 0 Å². The molecule has 0 saturated heterocycles. The van der Waals surface area contributed by atoms with E-state index in [1.807, 2.05) is 60.7 Å². The van der Waals surface area contributed by atoms with Gasteiger partial charge in [0.1, 0.15) is 0 Å². The molecule has 0 aromatic heterocycles. The summed E-state index contributed by atoms with van der Waals surface area (Å²) < 4.78 is 58.2. The normalized spacial score (nSPS) is 11.6. The maximum Gasteiger partial charge on any atom is 0.264 e. The van der Waals surface area contributed by atoms with Gasteiger partial charge in [-0.2, -0.15) is 0 Å². The number of anilines is 3. The first-order valence-electron chi connectivity index (χ1n) is 14.4. The summed E-state index contributed by atoms with van der Waals surface area (Å²) in [4.78, 5) is 13.7. The molecule has 0 bridgehead atoms. The predicted octanol–water partition coefficient (Wildman–Crippen LogP) is 7.29. The Morgan fingerprint density at radius 2 is 1.20 bits per heavy atom. The number of benzene rings is 6. The topological polar surface area (TPSA) is 113 Å². The van der Waals surface area contributed by atoms with Crippen LogP contribution in [0.25, 0.3) is 10.8 Å². The third kappa shape index (κ3) is 6.49. The number of amides is 1. The molecule has 6 aromatic rings. The van der Waals surface area contributed by atoms with E-state index in [0.29, 0.717) is 11.4 Å². The van der Waals surface area contributed by atoms with E-state index < -0.39 is 26.0 Å². The number of sulfonamides is 2. The lowest BCUT2D eigenvalue weighted by molar-refractivity contribution is 0.102. The Labute approximate surface area is 268 Å². The summed E-state index contributed by atoms with van der Waals surface area (Å²) in [6, 6.07) is 42.3. The van der Waals surface area contributed by atoms with Gasteiger partial charge in [0.25, 0.3) is 26.0 Å². The Morgan fingerprint density at radius 1 is 0.587 bits per heavy atom. The Kier molecular flexibility index (Phi) is 8.56. The molecule has 0 aliphatic heterocycles. The second kappa shape index (κ2) is 12.9. The Bertz CT molecular complexity index is 2220. The second-order valence-electron chi connectivity index (χ2n) is 10.4. The van der Waals surface area contributed by atoms with Gasteiger partial charge in [-0.1, -0.05) is 97.1 Å². The van der Waals surface area contributed by atoms with E-state index in [2.05, 4.69) is 10.0 Å². The molecule has 6 rings (SSSR count). The van der Waals surface area contributed by atoms with Crippen molar-refractivity contribution in [1.29, 1.82) is 0 Å². The quantitative estimate of drug-likeness (QED) is 0.162. The number of carbonyl (C=O) groups excluding carboxylic acids is 1. The fourth-order valence-electron chi connectivity index (χ4n) is 5.09. The average molecular weight is 648 g/mol. The molecular formula is C36H29N3O5S2. The van der Waals surface area contributed by atoms with Gasteiger partial charge in [-0.25, -0.2) is 16.8 Å².